The van der Waals surface area contributed by atoms with Gasteiger partial charge in [0.15, 0.2) is 0 Å². The second-order valence-electron chi connectivity index (χ2n) is 2.49. The summed E-state index contributed by atoms with van der Waals surface area (Å²) < 4.78 is 8.00. The molecule has 90 valence electrons. The molecule has 0 rings (SSSR count). The number of hydrogen-bond donors (Lipinski definition) is 3. The molecular formula is C8H10O8. The van der Waals surface area contributed by atoms with Crippen LogP contribution in [0.4, 0.5) is 4.79 Å². The van der Waals surface area contributed by atoms with E-state index in [1.807, 2.05) is 0 Å². The van der Waals surface area contributed by atoms with Gasteiger partial charge in [-0.15, -0.1) is 0 Å². The van der Waals surface area contributed by atoms with Crippen LogP contribution in [0.3, 0.4) is 0 Å². The van der Waals surface area contributed by atoms with E-state index in [-0.39, 0.29) is 0 Å². The van der Waals surface area contributed by atoms with E-state index in [1.54, 1.807) is 0 Å². The van der Waals surface area contributed by atoms with Crippen molar-refractivity contribution in [2.45, 2.75) is 6.10 Å². The maximum Gasteiger partial charge on any atom is 0.513 e. The van der Waals surface area contributed by atoms with Crippen molar-refractivity contribution in [3.05, 3.63) is 12.2 Å². The Labute approximate surface area is 89.7 Å². The maximum absolute atomic E-state index is 10.8. The van der Waals surface area contributed by atoms with Crippen LogP contribution >= 0.6 is 0 Å². The van der Waals surface area contributed by atoms with Gasteiger partial charge in [0.1, 0.15) is 12.7 Å². The second kappa shape index (κ2) is 7.37. The van der Waals surface area contributed by atoms with E-state index in [0.717, 1.165) is 0 Å². The lowest BCUT2D eigenvalue weighted by molar-refractivity contribution is -0.142. The van der Waals surface area contributed by atoms with Gasteiger partial charge in [0.05, 0.1) is 6.61 Å². The lowest BCUT2D eigenvalue weighted by Crippen LogP contribution is -2.21. The number of aliphatic hydroxyl groups excluding tert-OH is 2. The molecule has 0 aliphatic heterocycles. The van der Waals surface area contributed by atoms with Crippen molar-refractivity contribution in [3.63, 3.8) is 0 Å². The number of hydrogen-bond acceptors (Lipinski definition) is 7. The van der Waals surface area contributed by atoms with E-state index in [0.29, 0.717) is 12.2 Å². The first-order valence-corrected chi connectivity index (χ1v) is 4.04. The molecule has 0 heterocycles. The van der Waals surface area contributed by atoms with Crippen LogP contribution < -0.4 is 0 Å². The zero-order valence-corrected chi connectivity index (χ0v) is 8.03. The minimum atomic E-state index is -1.79. The molecule has 0 aliphatic rings. The molecule has 3 N–H and O–H groups in total. The van der Waals surface area contributed by atoms with Crippen LogP contribution in [0.1, 0.15) is 0 Å². The minimum absolute atomic E-state index is 0.437. The summed E-state index contributed by atoms with van der Waals surface area (Å²) in [5, 5.41) is 25.2. The zero-order chi connectivity index (χ0) is 12.6. The van der Waals surface area contributed by atoms with Gasteiger partial charge in [-0.1, -0.05) is 0 Å². The maximum atomic E-state index is 10.8. The lowest BCUT2D eigenvalue weighted by atomic mass is 10.4. The number of esters is 2. The third-order valence-electron chi connectivity index (χ3n) is 1.17. The summed E-state index contributed by atoms with van der Waals surface area (Å²) in [5.74, 6) is -2.22. The summed E-state index contributed by atoms with van der Waals surface area (Å²) in [6, 6.07) is 0. The summed E-state index contributed by atoms with van der Waals surface area (Å²) in [5.41, 5.74) is 0. The standard InChI is InChI=1S/C8H10O8/c9-3-5(10)4-15-6(11)1-2-7(12)16-8(13)14/h1-2,5,9-10H,3-4H2,(H,13,14)/b2-1-. The normalized spacial score (nSPS) is 12.1. The number of carboxylic acid groups (broad SMARTS) is 1. The molecule has 1 unspecified atom stereocenters. The third kappa shape index (κ3) is 7.47. The molecule has 0 aromatic rings. The molecule has 8 heteroatoms. The van der Waals surface area contributed by atoms with E-state index >= 15 is 0 Å². The number of carbonyl (C=O) groups excluding carboxylic acids is 2. The summed E-state index contributed by atoms with van der Waals surface area (Å²) in [6.45, 7) is -1.01. The van der Waals surface area contributed by atoms with Gasteiger partial charge in [-0.25, -0.2) is 14.4 Å². The van der Waals surface area contributed by atoms with Crippen molar-refractivity contribution in [1.29, 1.82) is 0 Å². The van der Waals surface area contributed by atoms with Crippen LogP contribution in [0, 0.1) is 0 Å². The van der Waals surface area contributed by atoms with Crippen molar-refractivity contribution < 1.29 is 39.2 Å². The number of rotatable bonds is 5. The molecule has 0 saturated heterocycles. The minimum Gasteiger partial charge on any atom is -0.460 e. The van der Waals surface area contributed by atoms with Gasteiger partial charge in [-0.3, -0.25) is 0 Å². The topological polar surface area (TPSA) is 130 Å². The van der Waals surface area contributed by atoms with Gasteiger partial charge in [0, 0.05) is 12.2 Å². The monoisotopic (exact) mass is 234 g/mol. The smallest absolute Gasteiger partial charge is 0.460 e. The molecule has 0 saturated carbocycles. The van der Waals surface area contributed by atoms with Crippen LogP contribution in [-0.2, 0) is 19.1 Å². The predicted molar refractivity (Wildman–Crippen MR) is 47.3 cm³/mol. The number of aliphatic hydroxyl groups is 2. The van der Waals surface area contributed by atoms with Crippen molar-refractivity contribution in [1.82, 2.24) is 0 Å². The molecular weight excluding hydrogens is 224 g/mol. The van der Waals surface area contributed by atoms with E-state index in [9.17, 15) is 14.4 Å². The highest BCUT2D eigenvalue weighted by Crippen LogP contribution is 1.89. The SMILES string of the molecule is O=C(O)OC(=O)/C=C\C(=O)OCC(O)CO. The largest absolute Gasteiger partial charge is 0.513 e. The first-order valence-electron chi connectivity index (χ1n) is 4.04. The van der Waals surface area contributed by atoms with E-state index in [1.165, 1.54) is 0 Å². The molecule has 0 fully saturated rings. The Morgan fingerprint density at radius 3 is 2.25 bits per heavy atom. The van der Waals surface area contributed by atoms with Crippen LogP contribution in [0.5, 0.6) is 0 Å². The van der Waals surface area contributed by atoms with Gasteiger partial charge in [-0.05, 0) is 0 Å². The Morgan fingerprint density at radius 1 is 1.19 bits per heavy atom. The molecule has 0 radical (unpaired) electrons. The fraction of sp³-hybridized carbons (Fsp3) is 0.375. The number of carbonyl (C=O) groups is 3. The first-order chi connectivity index (χ1) is 7.45. The van der Waals surface area contributed by atoms with Crippen molar-refractivity contribution in [2.75, 3.05) is 13.2 Å². The van der Waals surface area contributed by atoms with Crippen molar-refractivity contribution >= 4 is 18.1 Å². The fourth-order valence-electron chi connectivity index (χ4n) is 0.535. The highest BCUT2D eigenvalue weighted by atomic mass is 16.7. The van der Waals surface area contributed by atoms with Crippen LogP contribution in [0.2, 0.25) is 0 Å². The molecule has 0 spiro atoms. The van der Waals surface area contributed by atoms with Crippen LogP contribution in [-0.4, -0.2) is 52.7 Å². The Balaban J connectivity index is 3.90. The molecule has 16 heavy (non-hydrogen) atoms. The Kier molecular flexibility index (Phi) is 6.48. The summed E-state index contributed by atoms with van der Waals surface area (Å²) in [6.07, 6.45) is -1.81. The van der Waals surface area contributed by atoms with Crippen molar-refractivity contribution in [3.8, 4) is 0 Å². The average Bonchev–Trinajstić information content (AvgIpc) is 2.22. The molecule has 8 nitrogen and oxygen atoms in total. The van der Waals surface area contributed by atoms with Crippen LogP contribution in [0.25, 0.3) is 0 Å². The van der Waals surface area contributed by atoms with E-state index in [4.69, 9.17) is 15.3 Å². The van der Waals surface area contributed by atoms with Gasteiger partial charge in [-0.2, -0.15) is 0 Å². The molecule has 0 aromatic heterocycles. The van der Waals surface area contributed by atoms with Crippen molar-refractivity contribution in [2.24, 2.45) is 0 Å². The van der Waals surface area contributed by atoms with Crippen LogP contribution in [0.15, 0.2) is 12.2 Å². The van der Waals surface area contributed by atoms with Gasteiger partial charge < -0.3 is 24.8 Å². The fourth-order valence-corrected chi connectivity index (χ4v) is 0.535. The van der Waals surface area contributed by atoms with Gasteiger partial charge in [0.25, 0.3) is 0 Å². The van der Waals surface area contributed by atoms with E-state index < -0.39 is 37.4 Å². The molecule has 1 atom stereocenters. The number of ether oxygens (including phenoxy) is 2. The summed E-state index contributed by atoms with van der Waals surface area (Å²) in [7, 11) is 0. The summed E-state index contributed by atoms with van der Waals surface area (Å²) >= 11 is 0. The molecule has 0 aliphatic carbocycles. The lowest BCUT2D eigenvalue weighted by Gasteiger charge is -2.05. The highest BCUT2D eigenvalue weighted by Gasteiger charge is 2.07. The molecule has 0 bridgehead atoms. The second-order valence-corrected chi connectivity index (χ2v) is 2.49. The highest BCUT2D eigenvalue weighted by molar-refractivity contribution is 5.94. The third-order valence-corrected chi connectivity index (χ3v) is 1.17. The van der Waals surface area contributed by atoms with Gasteiger partial charge in [0.2, 0.25) is 0 Å². The zero-order valence-electron chi connectivity index (χ0n) is 8.03. The molecule has 0 aromatic carbocycles. The van der Waals surface area contributed by atoms with Gasteiger partial charge >= 0.3 is 18.1 Å². The predicted octanol–water partition coefficient (Wildman–Crippen LogP) is -1.34. The summed E-state index contributed by atoms with van der Waals surface area (Å²) in [4.78, 5) is 31.2. The Bertz CT molecular complexity index is 294. The Morgan fingerprint density at radius 2 is 1.75 bits per heavy atom. The quantitative estimate of drug-likeness (QED) is 0.302. The average molecular weight is 234 g/mol. The Hall–Kier alpha value is -1.93. The first kappa shape index (κ1) is 14.1. The molecule has 0 amide bonds. The van der Waals surface area contributed by atoms with E-state index in [2.05, 4.69) is 9.47 Å².